The van der Waals surface area contributed by atoms with Crippen LogP contribution in [0.3, 0.4) is 0 Å². The fraction of sp³-hybridized carbons (Fsp3) is 0.176. The molecule has 22 heavy (non-hydrogen) atoms. The van der Waals surface area contributed by atoms with Gasteiger partial charge in [0, 0.05) is 5.69 Å². The molecule has 2 N–H and O–H groups in total. The third-order valence-corrected chi connectivity index (χ3v) is 3.34. The molecule has 3 rings (SSSR count). The van der Waals surface area contributed by atoms with Gasteiger partial charge in [0.15, 0.2) is 6.61 Å². The number of fused-ring (bicyclic) bond motifs is 1. The van der Waals surface area contributed by atoms with Crippen LogP contribution in [0.1, 0.15) is 11.1 Å². The van der Waals surface area contributed by atoms with E-state index in [1.165, 1.54) is 0 Å². The number of hydrogen-bond acceptors (Lipinski definition) is 3. The number of benzene rings is 2. The van der Waals surface area contributed by atoms with Gasteiger partial charge in [0.2, 0.25) is 5.91 Å². The van der Waals surface area contributed by atoms with Gasteiger partial charge in [-0.1, -0.05) is 18.2 Å². The maximum absolute atomic E-state index is 12.1. The lowest BCUT2D eigenvalue weighted by atomic mass is 10.1. The molecule has 1 aliphatic rings. The fourth-order valence-electron chi connectivity index (χ4n) is 2.35. The van der Waals surface area contributed by atoms with Crippen LogP contribution in [0.4, 0.5) is 11.4 Å². The number of carbonyl (C=O) groups excluding carboxylic acids is 2. The molecular formula is C17H16N2O3. The Hall–Kier alpha value is -2.82. The van der Waals surface area contributed by atoms with Crippen LogP contribution < -0.4 is 15.4 Å². The predicted octanol–water partition coefficient (Wildman–Crippen LogP) is 2.51. The topological polar surface area (TPSA) is 67.4 Å². The van der Waals surface area contributed by atoms with E-state index in [1.54, 1.807) is 12.1 Å². The smallest absolute Gasteiger partial charge is 0.262 e. The molecule has 0 atom stereocenters. The zero-order valence-electron chi connectivity index (χ0n) is 12.2. The third kappa shape index (κ3) is 3.25. The van der Waals surface area contributed by atoms with Crippen LogP contribution in [0, 0.1) is 6.92 Å². The van der Waals surface area contributed by atoms with E-state index in [2.05, 4.69) is 10.6 Å². The van der Waals surface area contributed by atoms with Gasteiger partial charge in [0.05, 0.1) is 12.1 Å². The quantitative estimate of drug-likeness (QED) is 0.914. The molecule has 0 saturated heterocycles. The van der Waals surface area contributed by atoms with E-state index in [4.69, 9.17) is 4.74 Å². The molecule has 0 aliphatic carbocycles. The van der Waals surface area contributed by atoms with Crippen molar-refractivity contribution in [2.45, 2.75) is 13.3 Å². The number of nitrogens with one attached hydrogen (secondary N) is 2. The monoisotopic (exact) mass is 296 g/mol. The van der Waals surface area contributed by atoms with Crippen LogP contribution in [0.5, 0.6) is 5.75 Å². The molecule has 0 unspecified atom stereocenters. The molecule has 2 amide bonds. The Morgan fingerprint density at radius 2 is 2.14 bits per heavy atom. The van der Waals surface area contributed by atoms with E-state index in [-0.39, 0.29) is 24.8 Å². The highest BCUT2D eigenvalue weighted by molar-refractivity contribution is 5.96. The van der Waals surface area contributed by atoms with Crippen LogP contribution in [-0.2, 0) is 16.0 Å². The van der Waals surface area contributed by atoms with Crippen molar-refractivity contribution in [3.63, 3.8) is 0 Å². The highest BCUT2D eigenvalue weighted by atomic mass is 16.5. The Morgan fingerprint density at radius 3 is 2.95 bits per heavy atom. The van der Waals surface area contributed by atoms with Gasteiger partial charge in [0.1, 0.15) is 5.75 Å². The van der Waals surface area contributed by atoms with Crippen LogP contribution >= 0.6 is 0 Å². The van der Waals surface area contributed by atoms with Crippen molar-refractivity contribution >= 4 is 23.2 Å². The molecular weight excluding hydrogens is 280 g/mol. The van der Waals surface area contributed by atoms with E-state index < -0.39 is 0 Å². The molecule has 0 saturated carbocycles. The van der Waals surface area contributed by atoms with E-state index >= 15 is 0 Å². The zero-order chi connectivity index (χ0) is 15.5. The first-order valence-electron chi connectivity index (χ1n) is 7.02. The lowest BCUT2D eigenvalue weighted by Gasteiger charge is -2.18. The van der Waals surface area contributed by atoms with Crippen LogP contribution in [0.15, 0.2) is 42.5 Å². The predicted molar refractivity (Wildman–Crippen MR) is 84.1 cm³/mol. The number of aryl methyl sites for hydroxylation is 1. The molecule has 0 bridgehead atoms. The zero-order valence-corrected chi connectivity index (χ0v) is 12.2. The first-order chi connectivity index (χ1) is 10.6. The lowest BCUT2D eigenvalue weighted by molar-refractivity contribution is -0.118. The Balaban J connectivity index is 1.69. The van der Waals surface area contributed by atoms with Gasteiger partial charge in [0.25, 0.3) is 5.91 Å². The molecule has 1 aliphatic heterocycles. The number of amides is 2. The maximum Gasteiger partial charge on any atom is 0.262 e. The molecule has 112 valence electrons. The van der Waals surface area contributed by atoms with Crippen molar-refractivity contribution in [1.29, 1.82) is 0 Å². The largest absolute Gasteiger partial charge is 0.482 e. The van der Waals surface area contributed by atoms with Gasteiger partial charge in [-0.3, -0.25) is 9.59 Å². The summed E-state index contributed by atoms with van der Waals surface area (Å²) in [6.45, 7) is 2.00. The number of anilines is 2. The van der Waals surface area contributed by atoms with Gasteiger partial charge < -0.3 is 15.4 Å². The van der Waals surface area contributed by atoms with Crippen molar-refractivity contribution in [3.05, 3.63) is 53.6 Å². The van der Waals surface area contributed by atoms with Gasteiger partial charge in [-0.05, 0) is 42.3 Å². The maximum atomic E-state index is 12.1. The van der Waals surface area contributed by atoms with Crippen LogP contribution in [-0.4, -0.2) is 18.4 Å². The average molecular weight is 296 g/mol. The normalized spacial score (nSPS) is 12.9. The second kappa shape index (κ2) is 5.89. The van der Waals surface area contributed by atoms with Gasteiger partial charge in [-0.15, -0.1) is 0 Å². The lowest BCUT2D eigenvalue weighted by Crippen LogP contribution is -2.25. The summed E-state index contributed by atoms with van der Waals surface area (Å²) in [6, 6.07) is 13.0. The molecule has 1 heterocycles. The summed E-state index contributed by atoms with van der Waals surface area (Å²) in [5, 5.41) is 5.60. The standard InChI is InChI=1S/C17H16N2O3/c1-11-3-2-4-13(7-11)18-16(20)9-12-5-6-15-14(8-12)19-17(21)10-22-15/h2-8H,9-10H2,1H3,(H,18,20)(H,19,21). The highest BCUT2D eigenvalue weighted by Gasteiger charge is 2.16. The van der Waals surface area contributed by atoms with Crippen molar-refractivity contribution in [2.24, 2.45) is 0 Å². The summed E-state index contributed by atoms with van der Waals surface area (Å²) in [5.74, 6) is 0.338. The summed E-state index contributed by atoms with van der Waals surface area (Å²) in [6.07, 6.45) is 0.233. The summed E-state index contributed by atoms with van der Waals surface area (Å²) in [4.78, 5) is 23.4. The molecule has 0 spiro atoms. The van der Waals surface area contributed by atoms with Crippen molar-refractivity contribution in [3.8, 4) is 5.75 Å². The second-order valence-electron chi connectivity index (χ2n) is 5.26. The molecule has 5 heteroatoms. The first-order valence-corrected chi connectivity index (χ1v) is 7.02. The van der Waals surface area contributed by atoms with Crippen molar-refractivity contribution in [2.75, 3.05) is 17.2 Å². The third-order valence-electron chi connectivity index (χ3n) is 3.34. The minimum Gasteiger partial charge on any atom is -0.482 e. The molecule has 0 fully saturated rings. The highest BCUT2D eigenvalue weighted by Crippen LogP contribution is 2.28. The van der Waals surface area contributed by atoms with Crippen LogP contribution in [0.2, 0.25) is 0 Å². The fourth-order valence-corrected chi connectivity index (χ4v) is 2.35. The SMILES string of the molecule is Cc1cccc(NC(=O)Cc2ccc3c(c2)NC(=O)CO3)c1. The minimum atomic E-state index is -0.186. The molecule has 0 radical (unpaired) electrons. The Morgan fingerprint density at radius 1 is 1.27 bits per heavy atom. The van der Waals surface area contributed by atoms with Gasteiger partial charge in [-0.2, -0.15) is 0 Å². The summed E-state index contributed by atoms with van der Waals surface area (Å²) < 4.78 is 5.29. The van der Waals surface area contributed by atoms with E-state index in [9.17, 15) is 9.59 Å². The number of hydrogen-bond donors (Lipinski definition) is 2. The molecule has 2 aromatic carbocycles. The Bertz CT molecular complexity index is 740. The van der Waals surface area contributed by atoms with Crippen LogP contribution in [0.25, 0.3) is 0 Å². The van der Waals surface area contributed by atoms with Gasteiger partial charge in [-0.25, -0.2) is 0 Å². The molecule has 2 aromatic rings. The van der Waals surface area contributed by atoms with E-state index in [1.807, 2.05) is 37.3 Å². The van der Waals surface area contributed by atoms with E-state index in [0.717, 1.165) is 16.8 Å². The Labute approximate surface area is 128 Å². The number of rotatable bonds is 3. The summed E-state index contributed by atoms with van der Waals surface area (Å²) >= 11 is 0. The molecule has 5 nitrogen and oxygen atoms in total. The van der Waals surface area contributed by atoms with Gasteiger partial charge >= 0.3 is 0 Å². The minimum absolute atomic E-state index is 0.0280. The summed E-state index contributed by atoms with van der Waals surface area (Å²) in [5.41, 5.74) is 3.29. The first kappa shape index (κ1) is 14.1. The van der Waals surface area contributed by atoms with Crippen molar-refractivity contribution in [1.82, 2.24) is 0 Å². The number of ether oxygens (including phenoxy) is 1. The Kier molecular flexibility index (Phi) is 3.78. The number of carbonyl (C=O) groups is 2. The molecule has 0 aromatic heterocycles. The van der Waals surface area contributed by atoms with E-state index in [0.29, 0.717) is 11.4 Å². The van der Waals surface area contributed by atoms with Crippen molar-refractivity contribution < 1.29 is 14.3 Å². The average Bonchev–Trinajstić information content (AvgIpc) is 2.46. The summed E-state index contributed by atoms with van der Waals surface area (Å²) in [7, 11) is 0. The second-order valence-corrected chi connectivity index (χ2v) is 5.26.